The number of aryl methyl sites for hydroxylation is 1. The number of halogens is 1. The van der Waals surface area contributed by atoms with Gasteiger partial charge in [0.15, 0.2) is 0 Å². The summed E-state index contributed by atoms with van der Waals surface area (Å²) in [5, 5.41) is 13.5. The maximum absolute atomic E-state index is 10.2. The Kier molecular flexibility index (Phi) is 4.84. The molecule has 2 nitrogen and oxygen atoms in total. The average Bonchev–Trinajstić information content (AvgIpc) is 3.04. The molecule has 132 valence electrons. The molecular weight excluding hydrogens is 388 g/mol. The molecule has 0 atom stereocenters. The van der Waals surface area contributed by atoms with Crippen molar-refractivity contribution in [2.45, 2.75) is 32.8 Å². The number of aliphatic hydroxyl groups is 1. The average molecular weight is 409 g/mol. The quantitative estimate of drug-likeness (QED) is 0.391. The van der Waals surface area contributed by atoms with Crippen LogP contribution in [-0.4, -0.2) is 5.11 Å². The predicted molar refractivity (Wildman–Crippen MR) is 111 cm³/mol. The highest BCUT2D eigenvalue weighted by atomic mass is 79.9. The number of rotatable bonds is 5. The molecule has 0 aliphatic carbocycles. The van der Waals surface area contributed by atoms with Crippen LogP contribution in [0.2, 0.25) is 0 Å². The number of fused-ring (bicyclic) bond motifs is 2. The highest BCUT2D eigenvalue weighted by molar-refractivity contribution is 9.10. The highest BCUT2D eigenvalue weighted by Gasteiger charge is 2.20. The van der Waals surface area contributed by atoms with Crippen LogP contribution in [0.4, 0.5) is 0 Å². The Balaban J connectivity index is 2.06. The lowest BCUT2D eigenvalue weighted by atomic mass is 9.92. The SMILES string of the molecule is CCCCc1oc2ccccc2c1-c1cc(Br)c2ccccc2c1CO. The molecule has 0 saturated carbocycles. The first-order valence-electron chi connectivity index (χ1n) is 9.06. The second-order valence-corrected chi connectivity index (χ2v) is 7.44. The van der Waals surface area contributed by atoms with Crippen LogP contribution in [0.15, 0.2) is 63.5 Å². The first-order valence-corrected chi connectivity index (χ1v) is 9.85. The van der Waals surface area contributed by atoms with Crippen LogP contribution in [-0.2, 0) is 13.0 Å². The second kappa shape index (κ2) is 7.26. The van der Waals surface area contributed by atoms with E-state index in [0.29, 0.717) is 0 Å². The first-order chi connectivity index (χ1) is 12.7. The van der Waals surface area contributed by atoms with Gasteiger partial charge in [-0.3, -0.25) is 0 Å². The first kappa shape index (κ1) is 17.3. The summed E-state index contributed by atoms with van der Waals surface area (Å²) in [6, 6.07) is 18.5. The number of furan rings is 1. The Hall–Kier alpha value is -2.10. The molecule has 1 heterocycles. The standard InChI is InChI=1S/C23H21BrO2/c1-2-3-11-22-23(17-10-6-7-12-21(17)26-22)18-13-20(24)16-9-5-4-8-15(16)19(18)14-25/h4-10,12-13,25H,2-3,11,14H2,1H3. The highest BCUT2D eigenvalue weighted by Crippen LogP contribution is 2.42. The fraction of sp³-hybridized carbons (Fsp3) is 0.217. The van der Waals surface area contributed by atoms with Gasteiger partial charge in [-0.15, -0.1) is 0 Å². The van der Waals surface area contributed by atoms with Crippen molar-refractivity contribution in [2.24, 2.45) is 0 Å². The lowest BCUT2D eigenvalue weighted by molar-refractivity contribution is 0.284. The summed E-state index contributed by atoms with van der Waals surface area (Å²) in [5.41, 5.74) is 4.02. The Bertz CT molecular complexity index is 1080. The zero-order valence-electron chi connectivity index (χ0n) is 14.8. The minimum absolute atomic E-state index is 0.00412. The third-order valence-corrected chi connectivity index (χ3v) is 5.61. The van der Waals surface area contributed by atoms with E-state index in [9.17, 15) is 5.11 Å². The lowest BCUT2D eigenvalue weighted by Gasteiger charge is -2.14. The molecule has 3 aromatic carbocycles. The third-order valence-electron chi connectivity index (χ3n) is 4.96. The molecule has 0 fully saturated rings. The third kappa shape index (κ3) is 2.85. The van der Waals surface area contributed by atoms with Gasteiger partial charge >= 0.3 is 0 Å². The van der Waals surface area contributed by atoms with Gasteiger partial charge in [-0.2, -0.15) is 0 Å². The molecule has 0 bridgehead atoms. The molecule has 4 rings (SSSR count). The Morgan fingerprint density at radius 2 is 1.65 bits per heavy atom. The zero-order chi connectivity index (χ0) is 18.1. The Morgan fingerprint density at radius 1 is 0.962 bits per heavy atom. The summed E-state index contributed by atoms with van der Waals surface area (Å²) in [7, 11) is 0. The molecule has 0 radical (unpaired) electrons. The number of hydrogen-bond donors (Lipinski definition) is 1. The molecule has 0 aliphatic rings. The normalized spacial score (nSPS) is 11.5. The molecule has 0 saturated heterocycles. The summed E-state index contributed by atoms with van der Waals surface area (Å²) >= 11 is 3.73. The van der Waals surface area contributed by atoms with Crippen molar-refractivity contribution >= 4 is 37.7 Å². The van der Waals surface area contributed by atoms with E-state index in [1.807, 2.05) is 30.3 Å². The molecule has 0 amide bonds. The van der Waals surface area contributed by atoms with Crippen LogP contribution in [0.25, 0.3) is 32.9 Å². The monoisotopic (exact) mass is 408 g/mol. The summed E-state index contributed by atoms with van der Waals surface area (Å²) in [6.45, 7) is 2.18. The van der Waals surface area contributed by atoms with E-state index >= 15 is 0 Å². The van der Waals surface area contributed by atoms with Gasteiger partial charge < -0.3 is 9.52 Å². The van der Waals surface area contributed by atoms with E-state index < -0.39 is 0 Å². The van der Waals surface area contributed by atoms with Crippen molar-refractivity contribution in [3.63, 3.8) is 0 Å². The van der Waals surface area contributed by atoms with Gasteiger partial charge in [-0.25, -0.2) is 0 Å². The largest absolute Gasteiger partial charge is 0.460 e. The molecule has 26 heavy (non-hydrogen) atoms. The van der Waals surface area contributed by atoms with E-state index in [4.69, 9.17) is 4.42 Å². The van der Waals surface area contributed by atoms with Gasteiger partial charge in [0, 0.05) is 21.8 Å². The topological polar surface area (TPSA) is 33.4 Å². The number of aliphatic hydroxyl groups excluding tert-OH is 1. The van der Waals surface area contributed by atoms with E-state index in [1.165, 1.54) is 0 Å². The maximum Gasteiger partial charge on any atom is 0.134 e. The van der Waals surface area contributed by atoms with Crippen LogP contribution in [0, 0.1) is 0 Å². The number of para-hydroxylation sites is 1. The van der Waals surface area contributed by atoms with Gasteiger partial charge in [-0.05, 0) is 40.5 Å². The maximum atomic E-state index is 10.2. The van der Waals surface area contributed by atoms with E-state index in [1.54, 1.807) is 0 Å². The molecule has 0 unspecified atom stereocenters. The van der Waals surface area contributed by atoms with Crippen LogP contribution in [0.5, 0.6) is 0 Å². The fourth-order valence-electron chi connectivity index (χ4n) is 3.69. The lowest BCUT2D eigenvalue weighted by Crippen LogP contribution is -1.95. The van der Waals surface area contributed by atoms with Crippen LogP contribution in [0.3, 0.4) is 0 Å². The molecule has 0 spiro atoms. The van der Waals surface area contributed by atoms with Gasteiger partial charge in [0.25, 0.3) is 0 Å². The molecule has 1 N–H and O–H groups in total. The predicted octanol–water partition coefficient (Wildman–Crippen LogP) is 6.85. The summed E-state index contributed by atoms with van der Waals surface area (Å²) in [4.78, 5) is 0. The Morgan fingerprint density at radius 3 is 2.38 bits per heavy atom. The molecule has 4 aromatic rings. The molecular formula is C23H21BrO2. The van der Waals surface area contributed by atoms with Gasteiger partial charge in [0.1, 0.15) is 11.3 Å². The summed E-state index contributed by atoms with van der Waals surface area (Å²) in [5.74, 6) is 1.00. The van der Waals surface area contributed by atoms with Crippen molar-refractivity contribution in [3.8, 4) is 11.1 Å². The number of unbranched alkanes of at least 4 members (excludes halogenated alkanes) is 1. The summed E-state index contributed by atoms with van der Waals surface area (Å²) < 4.78 is 7.24. The zero-order valence-corrected chi connectivity index (χ0v) is 16.3. The Labute approximate surface area is 161 Å². The van der Waals surface area contributed by atoms with Crippen molar-refractivity contribution in [2.75, 3.05) is 0 Å². The van der Waals surface area contributed by atoms with E-state index in [2.05, 4.69) is 47.1 Å². The summed E-state index contributed by atoms with van der Waals surface area (Å²) in [6.07, 6.45) is 3.09. The van der Waals surface area contributed by atoms with Crippen molar-refractivity contribution in [3.05, 3.63) is 70.4 Å². The second-order valence-electron chi connectivity index (χ2n) is 6.59. The molecule has 1 aromatic heterocycles. The smallest absolute Gasteiger partial charge is 0.134 e. The van der Waals surface area contributed by atoms with Crippen molar-refractivity contribution < 1.29 is 9.52 Å². The van der Waals surface area contributed by atoms with Crippen molar-refractivity contribution in [1.29, 1.82) is 0 Å². The van der Waals surface area contributed by atoms with Gasteiger partial charge in [0.05, 0.1) is 6.61 Å². The van der Waals surface area contributed by atoms with Crippen LogP contribution in [0.1, 0.15) is 31.1 Å². The fourth-order valence-corrected chi connectivity index (χ4v) is 4.26. The van der Waals surface area contributed by atoms with Crippen LogP contribution >= 0.6 is 15.9 Å². The van der Waals surface area contributed by atoms with Crippen LogP contribution < -0.4 is 0 Å². The number of hydrogen-bond acceptors (Lipinski definition) is 2. The molecule has 3 heteroatoms. The van der Waals surface area contributed by atoms with Gasteiger partial charge in [-0.1, -0.05) is 71.7 Å². The molecule has 0 aliphatic heterocycles. The van der Waals surface area contributed by atoms with Crippen molar-refractivity contribution in [1.82, 2.24) is 0 Å². The minimum Gasteiger partial charge on any atom is -0.460 e. The van der Waals surface area contributed by atoms with Gasteiger partial charge in [0.2, 0.25) is 0 Å². The van der Waals surface area contributed by atoms with E-state index in [0.717, 1.165) is 67.9 Å². The van der Waals surface area contributed by atoms with E-state index in [-0.39, 0.29) is 6.61 Å². The minimum atomic E-state index is -0.00412. The number of benzene rings is 3.